The number of benzene rings is 4. The second kappa shape index (κ2) is 21.9. The standard InChI is InChI=1S/C61H46F5N17O3/c1-81-53(84)61(78-56(81)67,50-10-4-9-49(77-50)52(65)66)47-16-35(14-39(20-47)42-26-74-33-75-27-42)30-83-55(86)60(80-58(83)69,44-8-3-6-37(18-44)51(63)64)46-15-34(13-38(19-46)41-24-72-32-73-25-41)29-82-54(85)59(79-57(82)68,45-11-12-48(21-62)76-28-45)43-7-2-5-36(17-43)40-22-70-31-71-23-40/h2-20,22-28,31-33,51-52H,21,29-30H2,1H3,(H2,67,78)(H2,68,79)(H2,69,80). The number of aliphatic imine (C=N–C) groups is 3. The number of carbonyl (C=O) groups excluding carboxylic acids is 3. The largest absolute Gasteiger partial charge is 0.369 e. The number of aromatic nitrogens is 8. The number of hydrogen-bond acceptors (Lipinski definition) is 17. The van der Waals surface area contributed by atoms with Crippen molar-refractivity contribution in [3.8, 4) is 33.4 Å². The molecule has 20 nitrogen and oxygen atoms in total. The van der Waals surface area contributed by atoms with Crippen LogP contribution in [0.4, 0.5) is 22.0 Å². The highest BCUT2D eigenvalue weighted by molar-refractivity contribution is 6.11. The van der Waals surface area contributed by atoms with Crippen LogP contribution in [0.1, 0.15) is 74.4 Å². The molecule has 25 heteroatoms. The average Bonchev–Trinajstić information content (AvgIpc) is 2.00. The molecule has 5 aromatic heterocycles. The van der Waals surface area contributed by atoms with Gasteiger partial charge in [-0.05, 0) is 105 Å². The van der Waals surface area contributed by atoms with E-state index in [2.05, 4.69) is 44.9 Å². The predicted octanol–water partition coefficient (Wildman–Crippen LogP) is 7.42. The minimum atomic E-state index is -3.02. The van der Waals surface area contributed by atoms with Crippen molar-refractivity contribution in [1.29, 1.82) is 0 Å². The molecule has 6 N–H and O–H groups in total. The third kappa shape index (κ3) is 9.43. The summed E-state index contributed by atoms with van der Waals surface area (Å²) in [5, 5.41) is 0. The molecular weight excluding hydrogens is 1110 g/mol. The van der Waals surface area contributed by atoms with Gasteiger partial charge in [-0.2, -0.15) is 0 Å². The van der Waals surface area contributed by atoms with Crippen molar-refractivity contribution in [3.05, 3.63) is 239 Å². The number of halogens is 5. The Morgan fingerprint density at radius 1 is 0.465 bits per heavy atom. The molecule has 0 saturated heterocycles. The molecule has 8 heterocycles. The molecule has 0 spiro atoms. The lowest BCUT2D eigenvalue weighted by Crippen LogP contribution is -2.44. The van der Waals surface area contributed by atoms with Gasteiger partial charge in [0.1, 0.15) is 31.4 Å². The van der Waals surface area contributed by atoms with E-state index in [0.717, 1.165) is 21.9 Å². The lowest BCUT2D eigenvalue weighted by atomic mass is 9.80. The molecule has 12 rings (SSSR count). The Hall–Kier alpha value is -11.1. The fourth-order valence-electron chi connectivity index (χ4n) is 11.0. The molecule has 0 saturated carbocycles. The molecule has 86 heavy (non-hydrogen) atoms. The normalized spacial score (nSPS) is 19.4. The monoisotopic (exact) mass is 1160 g/mol. The number of amides is 3. The minimum Gasteiger partial charge on any atom is -0.369 e. The molecule has 428 valence electrons. The fraction of sp³-hybridized carbons (Fsp3) is 0.148. The van der Waals surface area contributed by atoms with E-state index in [1.54, 1.807) is 67.0 Å². The number of pyridine rings is 2. The minimum absolute atomic E-state index is 0.0207. The van der Waals surface area contributed by atoms with Gasteiger partial charge in [-0.15, -0.1) is 0 Å². The average molecular weight is 1160 g/mol. The van der Waals surface area contributed by atoms with E-state index in [-0.39, 0.29) is 63.6 Å². The number of carbonyl (C=O) groups is 3. The van der Waals surface area contributed by atoms with Crippen LogP contribution in [0.3, 0.4) is 0 Å². The summed E-state index contributed by atoms with van der Waals surface area (Å²) in [7, 11) is 1.37. The van der Waals surface area contributed by atoms with Crippen LogP contribution in [0.15, 0.2) is 193 Å². The van der Waals surface area contributed by atoms with Crippen molar-refractivity contribution < 1.29 is 36.3 Å². The van der Waals surface area contributed by atoms with E-state index in [1.807, 2.05) is 6.07 Å². The first kappa shape index (κ1) is 55.4. The molecule has 4 aromatic carbocycles. The molecule has 0 fully saturated rings. The summed E-state index contributed by atoms with van der Waals surface area (Å²) in [6.45, 7) is -1.59. The maximum absolute atomic E-state index is 16.1. The van der Waals surface area contributed by atoms with Crippen molar-refractivity contribution >= 4 is 35.6 Å². The highest BCUT2D eigenvalue weighted by Gasteiger charge is 2.55. The van der Waals surface area contributed by atoms with E-state index < -0.39 is 71.7 Å². The van der Waals surface area contributed by atoms with Crippen molar-refractivity contribution in [2.75, 3.05) is 7.05 Å². The Balaban J connectivity index is 0.998. The van der Waals surface area contributed by atoms with Gasteiger partial charge >= 0.3 is 0 Å². The van der Waals surface area contributed by atoms with E-state index >= 15 is 9.59 Å². The number of nitrogens with zero attached hydrogens (tertiary/aromatic N) is 14. The van der Waals surface area contributed by atoms with Gasteiger partial charge in [0.25, 0.3) is 30.6 Å². The summed E-state index contributed by atoms with van der Waals surface area (Å²) in [5.41, 5.74) is 17.0. The summed E-state index contributed by atoms with van der Waals surface area (Å²) in [6, 6.07) is 28.7. The third-order valence-electron chi connectivity index (χ3n) is 15.2. The van der Waals surface area contributed by atoms with Crippen molar-refractivity contribution in [3.63, 3.8) is 0 Å². The summed E-state index contributed by atoms with van der Waals surface area (Å²) in [4.78, 5) is 97.8. The topological polar surface area (TPSA) is 279 Å². The van der Waals surface area contributed by atoms with Crippen molar-refractivity contribution in [2.45, 2.75) is 49.2 Å². The van der Waals surface area contributed by atoms with Gasteiger partial charge in [0.2, 0.25) is 5.54 Å². The summed E-state index contributed by atoms with van der Waals surface area (Å²) in [5.74, 6) is -3.02. The fourth-order valence-corrected chi connectivity index (χ4v) is 11.0. The van der Waals surface area contributed by atoms with Crippen molar-refractivity contribution in [2.24, 2.45) is 32.2 Å². The van der Waals surface area contributed by atoms with Crippen LogP contribution in [-0.4, -0.2) is 97.2 Å². The molecule has 3 atom stereocenters. The van der Waals surface area contributed by atoms with Gasteiger partial charge in [0, 0.05) is 78.2 Å². The number of nitrogens with two attached hydrogens (primary N) is 3. The molecule has 9 aromatic rings. The van der Waals surface area contributed by atoms with Gasteiger partial charge in [-0.1, -0.05) is 60.7 Å². The van der Waals surface area contributed by atoms with Crippen LogP contribution in [0.25, 0.3) is 33.4 Å². The molecular formula is C61H46F5N17O3. The zero-order valence-electron chi connectivity index (χ0n) is 45.1. The Bertz CT molecular complexity index is 4240. The highest BCUT2D eigenvalue weighted by Crippen LogP contribution is 2.47. The zero-order chi connectivity index (χ0) is 60.1. The van der Waals surface area contributed by atoms with Gasteiger partial charge < -0.3 is 17.2 Å². The molecule has 0 bridgehead atoms. The number of likely N-dealkylation sites (N-methyl/N-ethyl adjacent to an activating group) is 1. The first-order valence-electron chi connectivity index (χ1n) is 26.3. The van der Waals surface area contributed by atoms with E-state index in [1.165, 1.54) is 104 Å². The number of guanidine groups is 3. The summed E-state index contributed by atoms with van der Waals surface area (Å²) >= 11 is 0. The van der Waals surface area contributed by atoms with Crippen LogP contribution in [0.2, 0.25) is 0 Å². The smallest absolute Gasteiger partial charge is 0.280 e. The molecule has 3 amide bonds. The SMILES string of the molecule is CN1C(=O)C(c2cc(CN3C(=O)C(c4cc(CN5C(=O)C(c6ccc(CF)nc6)(c6cccc(-c7cncnc7)c6)N=C5N)cc(-c5cncnc5)c4)(c4cccc(C(F)F)c4)N=C3N)cc(-c3cncnc3)c2)(c2cccc(C(F)F)n2)N=C1N. The maximum Gasteiger partial charge on any atom is 0.280 e. The summed E-state index contributed by atoms with van der Waals surface area (Å²) < 4.78 is 72.4. The summed E-state index contributed by atoms with van der Waals surface area (Å²) in [6.07, 6.45) is 8.58. The Morgan fingerprint density at radius 2 is 0.953 bits per heavy atom. The lowest BCUT2D eigenvalue weighted by Gasteiger charge is -2.30. The van der Waals surface area contributed by atoms with Crippen LogP contribution >= 0.6 is 0 Å². The number of alkyl halides is 5. The zero-order valence-corrected chi connectivity index (χ0v) is 45.1. The van der Waals surface area contributed by atoms with Gasteiger partial charge in [0.05, 0.1) is 24.5 Å². The van der Waals surface area contributed by atoms with Gasteiger partial charge in [-0.25, -0.2) is 71.8 Å². The van der Waals surface area contributed by atoms with E-state index in [9.17, 15) is 26.7 Å². The lowest BCUT2D eigenvalue weighted by molar-refractivity contribution is -0.131. The molecule has 0 radical (unpaired) electrons. The molecule has 3 aliphatic heterocycles. The van der Waals surface area contributed by atoms with Crippen LogP contribution in [0.5, 0.6) is 0 Å². The van der Waals surface area contributed by atoms with Crippen LogP contribution < -0.4 is 17.2 Å². The Labute approximate surface area is 485 Å². The highest BCUT2D eigenvalue weighted by atomic mass is 19.3. The van der Waals surface area contributed by atoms with Crippen LogP contribution in [-0.2, 0) is 50.8 Å². The second-order valence-electron chi connectivity index (χ2n) is 20.3. The first-order valence-corrected chi connectivity index (χ1v) is 26.3. The molecule has 3 aliphatic rings. The van der Waals surface area contributed by atoms with Crippen LogP contribution in [0, 0.1) is 0 Å². The van der Waals surface area contributed by atoms with Crippen molar-refractivity contribution in [1.82, 2.24) is 54.6 Å². The van der Waals surface area contributed by atoms with E-state index in [0.29, 0.717) is 44.5 Å². The van der Waals surface area contributed by atoms with E-state index in [4.69, 9.17) is 27.2 Å². The third-order valence-corrected chi connectivity index (χ3v) is 15.2. The van der Waals surface area contributed by atoms with Gasteiger partial charge in [0.15, 0.2) is 29.0 Å². The molecule has 0 aliphatic carbocycles. The number of rotatable bonds is 16. The maximum atomic E-state index is 16.1. The Kier molecular flexibility index (Phi) is 14.1. The predicted molar refractivity (Wildman–Crippen MR) is 303 cm³/mol. The molecule has 3 unspecified atom stereocenters. The number of hydrogen-bond donors (Lipinski definition) is 3. The second-order valence-corrected chi connectivity index (χ2v) is 20.3. The Morgan fingerprint density at radius 3 is 1.45 bits per heavy atom. The van der Waals surface area contributed by atoms with Gasteiger partial charge in [-0.3, -0.25) is 34.1 Å². The quantitative estimate of drug-likeness (QED) is 0.0794. The first-order chi connectivity index (χ1) is 41.5.